The lowest BCUT2D eigenvalue weighted by molar-refractivity contribution is -0.384. The Morgan fingerprint density at radius 2 is 1.93 bits per heavy atom. The largest absolute Gasteiger partial charge is 0.449 e. The highest BCUT2D eigenvalue weighted by Crippen LogP contribution is 2.25. The molecule has 0 saturated heterocycles. The predicted molar refractivity (Wildman–Crippen MR) is 96.1 cm³/mol. The molecule has 2 aromatic carbocycles. The summed E-state index contributed by atoms with van der Waals surface area (Å²) in [7, 11) is 0. The summed E-state index contributed by atoms with van der Waals surface area (Å²) in [6.07, 6.45) is -0.615. The number of nitrogens with zero attached hydrogens (tertiary/aromatic N) is 1. The third-order valence-electron chi connectivity index (χ3n) is 3.66. The van der Waals surface area contributed by atoms with Crippen molar-refractivity contribution in [3.05, 3.63) is 74.5 Å². The molecule has 1 atom stereocenters. The van der Waals surface area contributed by atoms with Gasteiger partial charge in [0.2, 0.25) is 0 Å². The molecule has 0 saturated carbocycles. The van der Waals surface area contributed by atoms with Crippen LogP contribution in [-0.4, -0.2) is 29.4 Å². The van der Waals surface area contributed by atoms with Crippen LogP contribution < -0.4 is 5.32 Å². The summed E-state index contributed by atoms with van der Waals surface area (Å²) in [6.45, 7) is 1.66. The number of esters is 1. The minimum absolute atomic E-state index is 0.0861. The molecular weight excluding hydrogens is 379 g/mol. The Labute approximate surface area is 159 Å². The van der Waals surface area contributed by atoms with Crippen molar-refractivity contribution >= 4 is 29.2 Å². The topological polar surface area (TPSA) is 98.5 Å². The van der Waals surface area contributed by atoms with E-state index in [1.807, 2.05) is 0 Å². The first-order valence-corrected chi connectivity index (χ1v) is 8.33. The van der Waals surface area contributed by atoms with E-state index in [1.165, 1.54) is 31.2 Å². The van der Waals surface area contributed by atoms with Crippen molar-refractivity contribution in [3.8, 4) is 0 Å². The van der Waals surface area contributed by atoms with Gasteiger partial charge in [0.15, 0.2) is 6.10 Å². The third kappa shape index (κ3) is 5.75. The molecule has 0 aliphatic rings. The molecular formula is C18H16ClFN2O5. The molecule has 27 heavy (non-hydrogen) atoms. The number of ether oxygens (including phenoxy) is 1. The van der Waals surface area contributed by atoms with Crippen LogP contribution in [0.2, 0.25) is 5.02 Å². The lowest BCUT2D eigenvalue weighted by Gasteiger charge is -2.13. The minimum Gasteiger partial charge on any atom is -0.449 e. The van der Waals surface area contributed by atoms with Crippen molar-refractivity contribution in [2.45, 2.75) is 19.4 Å². The van der Waals surface area contributed by atoms with Gasteiger partial charge >= 0.3 is 5.97 Å². The molecule has 1 amide bonds. The van der Waals surface area contributed by atoms with E-state index in [2.05, 4.69) is 5.32 Å². The standard InChI is InChI=1S/C18H16ClFN2O5/c1-11(17(23)21-9-8-12-2-5-14(20)6-3-12)27-18(24)13-4-7-15(19)16(10-13)22(25)26/h2-7,10-11H,8-9H2,1H3,(H,21,23)/t11-/m0/s1. The van der Waals surface area contributed by atoms with Crippen molar-refractivity contribution < 1.29 is 23.6 Å². The van der Waals surface area contributed by atoms with Gasteiger partial charge in [-0.15, -0.1) is 0 Å². The van der Waals surface area contributed by atoms with Crippen LogP contribution in [0.5, 0.6) is 0 Å². The van der Waals surface area contributed by atoms with Gasteiger partial charge in [0, 0.05) is 12.6 Å². The van der Waals surface area contributed by atoms with Crippen molar-refractivity contribution in [2.24, 2.45) is 0 Å². The van der Waals surface area contributed by atoms with Gasteiger partial charge in [-0.2, -0.15) is 0 Å². The van der Waals surface area contributed by atoms with Gasteiger partial charge in [0.1, 0.15) is 10.8 Å². The fraction of sp³-hybridized carbons (Fsp3) is 0.222. The number of halogens is 2. The van der Waals surface area contributed by atoms with Crippen LogP contribution in [0.3, 0.4) is 0 Å². The van der Waals surface area contributed by atoms with Gasteiger partial charge in [-0.05, 0) is 43.2 Å². The van der Waals surface area contributed by atoms with Crippen molar-refractivity contribution in [2.75, 3.05) is 6.54 Å². The van der Waals surface area contributed by atoms with Crippen LogP contribution >= 0.6 is 11.6 Å². The summed E-state index contributed by atoms with van der Waals surface area (Å²) >= 11 is 5.69. The van der Waals surface area contributed by atoms with Crippen molar-refractivity contribution in [1.29, 1.82) is 0 Å². The number of benzene rings is 2. The first-order chi connectivity index (χ1) is 12.8. The fourth-order valence-corrected chi connectivity index (χ4v) is 2.37. The molecule has 1 N–H and O–H groups in total. The van der Waals surface area contributed by atoms with E-state index in [9.17, 15) is 24.1 Å². The van der Waals surface area contributed by atoms with Gasteiger partial charge in [-0.3, -0.25) is 14.9 Å². The van der Waals surface area contributed by atoms with Gasteiger partial charge in [-0.1, -0.05) is 23.7 Å². The summed E-state index contributed by atoms with van der Waals surface area (Å²) in [5, 5.41) is 13.4. The van der Waals surface area contributed by atoms with E-state index in [1.54, 1.807) is 12.1 Å². The average Bonchev–Trinajstić information content (AvgIpc) is 2.63. The second kappa shape index (κ2) is 9.09. The molecule has 0 unspecified atom stereocenters. The molecule has 2 aromatic rings. The first kappa shape index (κ1) is 20.3. The lowest BCUT2D eigenvalue weighted by Crippen LogP contribution is -2.36. The first-order valence-electron chi connectivity index (χ1n) is 7.95. The number of carbonyl (C=O) groups is 2. The Morgan fingerprint density at radius 3 is 2.56 bits per heavy atom. The maximum absolute atomic E-state index is 12.8. The van der Waals surface area contributed by atoms with E-state index in [0.29, 0.717) is 6.42 Å². The zero-order valence-electron chi connectivity index (χ0n) is 14.3. The number of carbonyl (C=O) groups excluding carboxylic acids is 2. The minimum atomic E-state index is -1.10. The molecule has 142 valence electrons. The Kier molecular flexibility index (Phi) is 6.84. The highest BCUT2D eigenvalue weighted by Gasteiger charge is 2.21. The maximum Gasteiger partial charge on any atom is 0.339 e. The zero-order chi connectivity index (χ0) is 20.0. The van der Waals surface area contributed by atoms with E-state index < -0.39 is 28.6 Å². The highest BCUT2D eigenvalue weighted by atomic mass is 35.5. The number of rotatable bonds is 7. The second-order valence-electron chi connectivity index (χ2n) is 5.64. The molecule has 9 heteroatoms. The molecule has 0 spiro atoms. The summed E-state index contributed by atoms with van der Waals surface area (Å²) in [5.74, 6) is -1.74. The van der Waals surface area contributed by atoms with Crippen LogP contribution in [0.25, 0.3) is 0 Å². The molecule has 2 rings (SSSR count). The number of nitro groups is 1. The van der Waals surface area contributed by atoms with E-state index >= 15 is 0 Å². The van der Waals surface area contributed by atoms with Crippen LogP contribution in [-0.2, 0) is 16.0 Å². The Morgan fingerprint density at radius 1 is 1.26 bits per heavy atom. The van der Waals surface area contributed by atoms with Gasteiger partial charge in [0.05, 0.1) is 10.5 Å². The Bertz CT molecular complexity index is 857. The molecule has 0 aromatic heterocycles. The molecule has 0 bridgehead atoms. The van der Waals surface area contributed by atoms with Crippen LogP contribution in [0, 0.1) is 15.9 Å². The smallest absolute Gasteiger partial charge is 0.339 e. The predicted octanol–water partition coefficient (Wildman–Crippen LogP) is 3.29. The summed E-state index contributed by atoms with van der Waals surface area (Å²) in [6, 6.07) is 9.35. The SMILES string of the molecule is C[C@H](OC(=O)c1ccc(Cl)c([N+](=O)[O-])c1)C(=O)NCCc1ccc(F)cc1. The number of hydrogen-bond acceptors (Lipinski definition) is 5. The number of nitrogens with one attached hydrogen (secondary N) is 1. The van der Waals surface area contributed by atoms with Gasteiger partial charge < -0.3 is 10.1 Å². The molecule has 0 fully saturated rings. The highest BCUT2D eigenvalue weighted by molar-refractivity contribution is 6.32. The lowest BCUT2D eigenvalue weighted by atomic mass is 10.1. The maximum atomic E-state index is 12.8. The molecule has 0 heterocycles. The molecule has 0 aliphatic carbocycles. The zero-order valence-corrected chi connectivity index (χ0v) is 15.0. The Balaban J connectivity index is 1.88. The number of amides is 1. The fourth-order valence-electron chi connectivity index (χ4n) is 2.19. The molecule has 0 aliphatic heterocycles. The van der Waals surface area contributed by atoms with E-state index in [-0.39, 0.29) is 22.9 Å². The van der Waals surface area contributed by atoms with Gasteiger partial charge in [-0.25, -0.2) is 9.18 Å². The molecule has 7 nitrogen and oxygen atoms in total. The summed E-state index contributed by atoms with van der Waals surface area (Å²) in [5.41, 5.74) is 0.328. The van der Waals surface area contributed by atoms with Crippen molar-refractivity contribution in [1.82, 2.24) is 5.32 Å². The van der Waals surface area contributed by atoms with Crippen LogP contribution in [0.1, 0.15) is 22.8 Å². The summed E-state index contributed by atoms with van der Waals surface area (Å²) in [4.78, 5) is 34.2. The summed E-state index contributed by atoms with van der Waals surface area (Å²) < 4.78 is 17.9. The number of hydrogen-bond donors (Lipinski definition) is 1. The van der Waals surface area contributed by atoms with E-state index in [0.717, 1.165) is 11.6 Å². The monoisotopic (exact) mass is 394 g/mol. The molecule has 0 radical (unpaired) electrons. The van der Waals surface area contributed by atoms with Crippen molar-refractivity contribution in [3.63, 3.8) is 0 Å². The number of nitro benzene ring substituents is 1. The Hall–Kier alpha value is -3.00. The van der Waals surface area contributed by atoms with Crippen LogP contribution in [0.15, 0.2) is 42.5 Å². The van der Waals surface area contributed by atoms with Gasteiger partial charge in [0.25, 0.3) is 11.6 Å². The average molecular weight is 395 g/mol. The quantitative estimate of drug-likeness (QED) is 0.441. The van der Waals surface area contributed by atoms with E-state index in [4.69, 9.17) is 16.3 Å². The third-order valence-corrected chi connectivity index (χ3v) is 3.98. The normalized spacial score (nSPS) is 11.5. The van der Waals surface area contributed by atoms with Crippen LogP contribution in [0.4, 0.5) is 10.1 Å². The second-order valence-corrected chi connectivity index (χ2v) is 6.05.